The summed E-state index contributed by atoms with van der Waals surface area (Å²) in [5.41, 5.74) is 6.11. The van der Waals surface area contributed by atoms with Gasteiger partial charge in [0.05, 0.1) is 17.5 Å². The lowest BCUT2D eigenvalue weighted by Crippen LogP contribution is -2.35. The molecule has 3 aliphatic carbocycles. The molecule has 2 saturated carbocycles. The quantitative estimate of drug-likeness (QED) is 0.566. The fraction of sp³-hybridized carbons (Fsp3) is 0.545. The summed E-state index contributed by atoms with van der Waals surface area (Å²) in [5.74, 6) is 0.604. The van der Waals surface area contributed by atoms with E-state index in [0.717, 1.165) is 42.5 Å². The number of rotatable bonds is 1. The van der Waals surface area contributed by atoms with Crippen molar-refractivity contribution < 1.29 is 9.59 Å². The maximum Gasteiger partial charge on any atom is 0.238 e. The summed E-state index contributed by atoms with van der Waals surface area (Å²) >= 11 is 0. The molecule has 0 N–H and O–H groups in total. The van der Waals surface area contributed by atoms with Gasteiger partial charge >= 0.3 is 0 Å². The van der Waals surface area contributed by atoms with Gasteiger partial charge in [-0.3, -0.25) is 9.59 Å². The van der Waals surface area contributed by atoms with Crippen LogP contribution in [0.4, 0.5) is 5.69 Å². The highest BCUT2D eigenvalue weighted by Crippen LogP contribution is 2.58. The van der Waals surface area contributed by atoms with Crippen molar-refractivity contribution in [3.8, 4) is 0 Å². The molecule has 4 atom stereocenters. The lowest BCUT2D eigenvalue weighted by Gasteiger charge is -2.34. The van der Waals surface area contributed by atoms with Crippen LogP contribution < -0.4 is 4.90 Å². The molecule has 1 aliphatic heterocycles. The van der Waals surface area contributed by atoms with Gasteiger partial charge in [-0.2, -0.15) is 0 Å². The van der Waals surface area contributed by atoms with Crippen LogP contribution in [0.15, 0.2) is 29.3 Å². The summed E-state index contributed by atoms with van der Waals surface area (Å²) < 4.78 is 0. The summed E-state index contributed by atoms with van der Waals surface area (Å²) in [4.78, 5) is 28.3. The van der Waals surface area contributed by atoms with Crippen LogP contribution in [0.25, 0.3) is 0 Å². The third-order valence-corrected chi connectivity index (χ3v) is 7.09. The minimum atomic E-state index is -0.0995. The Morgan fingerprint density at radius 2 is 1.44 bits per heavy atom. The highest BCUT2D eigenvalue weighted by Gasteiger charge is 2.59. The highest BCUT2D eigenvalue weighted by atomic mass is 16.2. The molecule has 4 aliphatic rings. The Morgan fingerprint density at radius 3 is 1.96 bits per heavy atom. The Morgan fingerprint density at radius 1 is 0.880 bits per heavy atom. The van der Waals surface area contributed by atoms with Crippen molar-refractivity contribution in [1.82, 2.24) is 0 Å². The molecule has 0 spiro atoms. The van der Waals surface area contributed by atoms with Gasteiger partial charge in [-0.1, -0.05) is 28.8 Å². The molecular weight excluding hydrogens is 310 g/mol. The third kappa shape index (κ3) is 1.98. The van der Waals surface area contributed by atoms with E-state index in [1.807, 2.05) is 26.0 Å². The summed E-state index contributed by atoms with van der Waals surface area (Å²) in [6, 6.07) is 6.03. The molecule has 0 bridgehead atoms. The third-order valence-electron chi connectivity index (χ3n) is 7.09. The predicted molar refractivity (Wildman–Crippen MR) is 97.1 cm³/mol. The normalized spacial score (nSPS) is 33.8. The van der Waals surface area contributed by atoms with E-state index in [-0.39, 0.29) is 23.7 Å². The van der Waals surface area contributed by atoms with Crippen LogP contribution in [0.1, 0.15) is 49.7 Å². The monoisotopic (exact) mass is 335 g/mol. The van der Waals surface area contributed by atoms with E-state index in [2.05, 4.69) is 6.07 Å². The number of imide groups is 1. The number of allylic oxidation sites excluding steroid dienone is 2. The van der Waals surface area contributed by atoms with Crippen LogP contribution in [0.5, 0.6) is 0 Å². The number of carbonyl (C=O) groups is 2. The first-order valence-corrected chi connectivity index (χ1v) is 9.75. The topological polar surface area (TPSA) is 37.4 Å². The van der Waals surface area contributed by atoms with E-state index in [1.165, 1.54) is 12.8 Å². The van der Waals surface area contributed by atoms with Crippen molar-refractivity contribution in [2.24, 2.45) is 23.7 Å². The van der Waals surface area contributed by atoms with Gasteiger partial charge in [0.25, 0.3) is 0 Å². The largest absolute Gasteiger partial charge is 0.274 e. The molecule has 25 heavy (non-hydrogen) atoms. The predicted octanol–water partition coefficient (Wildman–Crippen LogP) is 4.32. The number of hydrogen-bond donors (Lipinski definition) is 0. The van der Waals surface area contributed by atoms with Crippen LogP contribution in [0.3, 0.4) is 0 Å². The Bertz CT molecular complexity index is 779. The number of anilines is 1. The van der Waals surface area contributed by atoms with Crippen molar-refractivity contribution in [1.29, 1.82) is 0 Å². The zero-order chi connectivity index (χ0) is 17.3. The second kappa shape index (κ2) is 5.30. The number of benzene rings is 1. The van der Waals surface area contributed by atoms with Gasteiger partial charge in [-0.05, 0) is 75.8 Å². The molecule has 1 aromatic rings. The zero-order valence-corrected chi connectivity index (χ0v) is 15.0. The average Bonchev–Trinajstić information content (AvgIpc) is 3.26. The zero-order valence-electron chi connectivity index (χ0n) is 15.0. The lowest BCUT2D eigenvalue weighted by molar-refractivity contribution is -0.122. The van der Waals surface area contributed by atoms with Crippen LogP contribution in [-0.2, 0) is 9.59 Å². The highest BCUT2D eigenvalue weighted by molar-refractivity contribution is 6.23. The number of carbonyl (C=O) groups excluding carboxylic acids is 2. The van der Waals surface area contributed by atoms with E-state index >= 15 is 0 Å². The van der Waals surface area contributed by atoms with Crippen molar-refractivity contribution in [3.63, 3.8) is 0 Å². The number of fused-ring (bicyclic) bond motifs is 5. The Labute approximate surface area is 149 Å². The van der Waals surface area contributed by atoms with Crippen molar-refractivity contribution in [2.45, 2.75) is 52.4 Å². The van der Waals surface area contributed by atoms with Crippen LogP contribution in [0.2, 0.25) is 0 Å². The average molecular weight is 335 g/mol. The summed E-state index contributed by atoms with van der Waals surface area (Å²) in [7, 11) is 0. The van der Waals surface area contributed by atoms with Crippen molar-refractivity contribution in [2.75, 3.05) is 4.90 Å². The maximum atomic E-state index is 13.4. The molecule has 1 heterocycles. The van der Waals surface area contributed by atoms with Gasteiger partial charge in [0.2, 0.25) is 11.8 Å². The van der Waals surface area contributed by atoms with Gasteiger partial charge < -0.3 is 0 Å². The van der Waals surface area contributed by atoms with E-state index in [0.29, 0.717) is 11.8 Å². The van der Waals surface area contributed by atoms with Crippen molar-refractivity contribution in [3.05, 3.63) is 40.5 Å². The first-order valence-electron chi connectivity index (χ1n) is 9.75. The Balaban J connectivity index is 1.62. The number of hydrogen-bond acceptors (Lipinski definition) is 2. The smallest absolute Gasteiger partial charge is 0.238 e. The SMILES string of the molecule is Cc1ccc(N2C(=O)[C@@H]3[C@@H](C2=O)[C@H]2CCCC2=C2CCC[C@@H]23)c(C)c1. The van der Waals surface area contributed by atoms with E-state index < -0.39 is 0 Å². The molecule has 2 amide bonds. The minimum Gasteiger partial charge on any atom is -0.274 e. The second-order valence-electron chi connectivity index (χ2n) is 8.40. The summed E-state index contributed by atoms with van der Waals surface area (Å²) in [6.07, 6.45) is 6.86. The Hall–Kier alpha value is -1.90. The van der Waals surface area contributed by atoms with Crippen LogP contribution in [0, 0.1) is 37.5 Å². The Kier molecular flexibility index (Phi) is 3.25. The summed E-state index contributed by atoms with van der Waals surface area (Å²) in [5, 5.41) is 0. The fourth-order valence-corrected chi connectivity index (χ4v) is 6.19. The van der Waals surface area contributed by atoms with E-state index in [4.69, 9.17) is 0 Å². The first kappa shape index (κ1) is 15.4. The first-order chi connectivity index (χ1) is 12.1. The molecule has 5 rings (SSSR count). The number of nitrogens with zero attached hydrogens (tertiary/aromatic N) is 1. The van der Waals surface area contributed by atoms with Gasteiger partial charge in [0.15, 0.2) is 0 Å². The maximum absolute atomic E-state index is 13.4. The molecule has 0 unspecified atom stereocenters. The molecule has 0 radical (unpaired) electrons. The van der Waals surface area contributed by atoms with E-state index in [9.17, 15) is 9.59 Å². The molecular formula is C22H25NO2. The lowest BCUT2D eigenvalue weighted by atomic mass is 9.66. The number of aryl methyl sites for hydroxylation is 2. The summed E-state index contributed by atoms with van der Waals surface area (Å²) in [6.45, 7) is 4.05. The second-order valence-corrected chi connectivity index (χ2v) is 8.40. The standard InChI is InChI=1S/C22H25NO2/c1-12-9-10-18(13(2)11-12)23-21(24)19-16-7-3-5-14(16)15-6-4-8-17(15)20(19)22(23)25/h9-11,16-17,19-20H,3-8H2,1-2H3/t16-,17-,19-,20-/m0/s1. The van der Waals surface area contributed by atoms with Gasteiger partial charge in [-0.15, -0.1) is 0 Å². The van der Waals surface area contributed by atoms with E-state index in [1.54, 1.807) is 16.0 Å². The van der Waals surface area contributed by atoms with Crippen LogP contribution in [-0.4, -0.2) is 11.8 Å². The fourth-order valence-electron chi connectivity index (χ4n) is 6.19. The molecule has 1 saturated heterocycles. The minimum absolute atomic E-state index is 0.0669. The molecule has 1 aromatic carbocycles. The molecule has 0 aromatic heterocycles. The van der Waals surface area contributed by atoms with Crippen molar-refractivity contribution >= 4 is 17.5 Å². The van der Waals surface area contributed by atoms with Gasteiger partial charge in [0.1, 0.15) is 0 Å². The van der Waals surface area contributed by atoms with Gasteiger partial charge in [-0.25, -0.2) is 4.90 Å². The molecule has 3 fully saturated rings. The molecule has 3 nitrogen and oxygen atoms in total. The molecule has 3 heteroatoms. The molecule has 130 valence electrons. The number of amides is 2. The van der Waals surface area contributed by atoms with Gasteiger partial charge in [0, 0.05) is 0 Å². The van der Waals surface area contributed by atoms with Crippen LogP contribution >= 0.6 is 0 Å².